The number of piperidine rings is 1. The van der Waals surface area contributed by atoms with Crippen molar-refractivity contribution in [1.29, 1.82) is 0 Å². The average Bonchev–Trinajstić information content (AvgIpc) is 2.75. The quantitative estimate of drug-likeness (QED) is 0.751. The van der Waals surface area contributed by atoms with E-state index in [1.807, 2.05) is 6.92 Å². The van der Waals surface area contributed by atoms with E-state index in [0.717, 1.165) is 0 Å². The van der Waals surface area contributed by atoms with E-state index in [1.54, 1.807) is 0 Å². The molecule has 0 spiro atoms. The maximum atomic E-state index is 12.1. The molecule has 2 heterocycles. The summed E-state index contributed by atoms with van der Waals surface area (Å²) in [6.45, 7) is 2.93. The molecule has 0 radical (unpaired) electrons. The molecule has 6 nitrogen and oxygen atoms in total. The number of rotatable bonds is 2. The number of hydrogen-bond donors (Lipinski definition) is 2. The molecule has 2 atom stereocenters. The number of aromatic nitrogens is 2. The van der Waals surface area contributed by atoms with Crippen molar-refractivity contribution in [1.82, 2.24) is 14.5 Å². The molecular formula is C9H16N4O2S. The molecular weight excluding hydrogens is 228 g/mol. The highest BCUT2D eigenvalue weighted by molar-refractivity contribution is 7.89. The summed E-state index contributed by atoms with van der Waals surface area (Å²) >= 11 is 0. The molecule has 1 saturated heterocycles. The molecule has 2 rings (SSSR count). The predicted molar refractivity (Wildman–Crippen MR) is 59.1 cm³/mol. The normalized spacial score (nSPS) is 28.1. The van der Waals surface area contributed by atoms with Gasteiger partial charge in [-0.2, -0.15) is 9.40 Å². The van der Waals surface area contributed by atoms with Crippen molar-refractivity contribution < 1.29 is 8.42 Å². The van der Waals surface area contributed by atoms with Crippen molar-refractivity contribution in [2.24, 2.45) is 11.7 Å². The van der Waals surface area contributed by atoms with E-state index in [-0.39, 0.29) is 17.0 Å². The smallest absolute Gasteiger partial charge is 0.259 e. The summed E-state index contributed by atoms with van der Waals surface area (Å²) in [4.78, 5) is 0. The van der Waals surface area contributed by atoms with Crippen LogP contribution in [-0.4, -0.2) is 42.1 Å². The lowest BCUT2D eigenvalue weighted by Gasteiger charge is -2.33. The average molecular weight is 244 g/mol. The fourth-order valence-corrected chi connectivity index (χ4v) is 3.33. The summed E-state index contributed by atoms with van der Waals surface area (Å²) in [5.74, 6) is 0.187. The maximum absolute atomic E-state index is 12.1. The number of nitrogens with one attached hydrogen (secondary N) is 1. The molecule has 1 aliphatic heterocycles. The van der Waals surface area contributed by atoms with Crippen molar-refractivity contribution in [2.75, 3.05) is 13.1 Å². The standard InChI is InChI=1S/C9H16N4O2S/c1-7-6-13(5-3-8(7)10)16(14,15)9-2-4-11-12-9/h2,4,7-8H,3,5-6,10H2,1H3,(H,11,12). The van der Waals surface area contributed by atoms with Gasteiger partial charge in [0.15, 0.2) is 5.03 Å². The van der Waals surface area contributed by atoms with Gasteiger partial charge in [-0.05, 0) is 18.4 Å². The van der Waals surface area contributed by atoms with Crippen LogP contribution >= 0.6 is 0 Å². The Morgan fingerprint density at radius 3 is 2.94 bits per heavy atom. The Balaban J connectivity index is 2.20. The van der Waals surface area contributed by atoms with Gasteiger partial charge in [0.05, 0.1) is 6.20 Å². The third-order valence-corrected chi connectivity index (χ3v) is 4.82. The SMILES string of the molecule is CC1CN(S(=O)(=O)c2ccn[nH]2)CCC1N. The van der Waals surface area contributed by atoms with E-state index in [9.17, 15) is 8.42 Å². The largest absolute Gasteiger partial charge is 0.327 e. The fraction of sp³-hybridized carbons (Fsp3) is 0.667. The summed E-state index contributed by atoms with van der Waals surface area (Å²) in [5.41, 5.74) is 5.86. The molecule has 1 aromatic rings. The summed E-state index contributed by atoms with van der Waals surface area (Å²) in [5, 5.41) is 6.30. The fourth-order valence-electron chi connectivity index (χ4n) is 1.87. The van der Waals surface area contributed by atoms with Gasteiger partial charge in [-0.15, -0.1) is 0 Å². The Morgan fingerprint density at radius 2 is 2.38 bits per heavy atom. The molecule has 7 heteroatoms. The minimum absolute atomic E-state index is 0.0909. The van der Waals surface area contributed by atoms with Gasteiger partial charge < -0.3 is 5.73 Å². The van der Waals surface area contributed by atoms with Crippen LogP contribution in [0.1, 0.15) is 13.3 Å². The molecule has 16 heavy (non-hydrogen) atoms. The third-order valence-electron chi connectivity index (χ3n) is 3.03. The number of aromatic amines is 1. The second-order valence-electron chi connectivity index (χ2n) is 4.21. The predicted octanol–water partition coefficient (Wildman–Crippen LogP) is -0.232. The molecule has 0 saturated carbocycles. The zero-order valence-electron chi connectivity index (χ0n) is 9.13. The minimum atomic E-state index is -3.42. The molecule has 1 fully saturated rings. The highest BCUT2D eigenvalue weighted by Gasteiger charge is 2.32. The molecule has 0 amide bonds. The number of nitrogens with two attached hydrogens (primary N) is 1. The molecule has 90 valence electrons. The Kier molecular flexibility index (Phi) is 3.00. The van der Waals surface area contributed by atoms with E-state index in [2.05, 4.69) is 10.2 Å². The number of sulfonamides is 1. The van der Waals surface area contributed by atoms with Gasteiger partial charge in [-0.1, -0.05) is 6.92 Å². The second-order valence-corrected chi connectivity index (χ2v) is 6.12. The molecule has 0 aromatic carbocycles. The first-order chi connectivity index (χ1) is 7.51. The van der Waals surface area contributed by atoms with E-state index in [4.69, 9.17) is 5.73 Å². The number of nitrogens with zero attached hydrogens (tertiary/aromatic N) is 2. The lowest BCUT2D eigenvalue weighted by Crippen LogP contribution is -2.48. The number of hydrogen-bond acceptors (Lipinski definition) is 4. The molecule has 3 N–H and O–H groups in total. The zero-order valence-corrected chi connectivity index (χ0v) is 9.94. The van der Waals surface area contributed by atoms with Crippen molar-refractivity contribution in [3.63, 3.8) is 0 Å². The van der Waals surface area contributed by atoms with Crippen molar-refractivity contribution >= 4 is 10.0 Å². The van der Waals surface area contributed by atoms with Crippen LogP contribution in [0.4, 0.5) is 0 Å². The van der Waals surface area contributed by atoms with E-state index >= 15 is 0 Å². The molecule has 2 unspecified atom stereocenters. The van der Waals surface area contributed by atoms with Crippen molar-refractivity contribution in [3.8, 4) is 0 Å². The van der Waals surface area contributed by atoms with Crippen molar-refractivity contribution in [3.05, 3.63) is 12.3 Å². The molecule has 1 aromatic heterocycles. The van der Waals surface area contributed by atoms with Crippen molar-refractivity contribution in [2.45, 2.75) is 24.4 Å². The van der Waals surface area contributed by atoms with E-state index < -0.39 is 10.0 Å². The lowest BCUT2D eigenvalue weighted by molar-refractivity contribution is 0.249. The van der Waals surface area contributed by atoms with Crippen LogP contribution in [0.25, 0.3) is 0 Å². The van der Waals surface area contributed by atoms with Gasteiger partial charge in [0.1, 0.15) is 0 Å². The number of H-pyrrole nitrogens is 1. The van der Waals surface area contributed by atoms with Gasteiger partial charge in [-0.3, -0.25) is 5.10 Å². The first-order valence-corrected chi connectivity index (χ1v) is 6.71. The molecule has 0 aliphatic carbocycles. The second kappa shape index (κ2) is 4.15. The lowest BCUT2D eigenvalue weighted by atomic mass is 9.96. The van der Waals surface area contributed by atoms with Gasteiger partial charge in [0.25, 0.3) is 10.0 Å². The van der Waals surface area contributed by atoms with Crippen LogP contribution in [0.2, 0.25) is 0 Å². The highest BCUT2D eigenvalue weighted by atomic mass is 32.2. The zero-order chi connectivity index (χ0) is 11.8. The van der Waals surface area contributed by atoms with Crippen LogP contribution < -0.4 is 5.73 Å². The van der Waals surface area contributed by atoms with Gasteiger partial charge >= 0.3 is 0 Å². The summed E-state index contributed by atoms with van der Waals surface area (Å²) in [6, 6.07) is 1.56. The Labute approximate surface area is 94.9 Å². The molecule has 1 aliphatic rings. The van der Waals surface area contributed by atoms with Gasteiger partial charge in [-0.25, -0.2) is 8.42 Å². The third kappa shape index (κ3) is 1.98. The van der Waals surface area contributed by atoms with E-state index in [1.165, 1.54) is 16.6 Å². The summed E-state index contributed by atoms with van der Waals surface area (Å²) in [7, 11) is -3.42. The Hall–Kier alpha value is -0.920. The van der Waals surface area contributed by atoms with Crippen LogP contribution in [0.15, 0.2) is 17.3 Å². The summed E-state index contributed by atoms with van der Waals surface area (Å²) < 4.78 is 25.7. The first-order valence-electron chi connectivity index (χ1n) is 5.27. The first kappa shape index (κ1) is 11.6. The maximum Gasteiger partial charge on any atom is 0.259 e. The Morgan fingerprint density at radius 1 is 1.62 bits per heavy atom. The van der Waals surface area contributed by atoms with E-state index in [0.29, 0.717) is 19.5 Å². The summed E-state index contributed by atoms with van der Waals surface area (Å²) in [6.07, 6.45) is 2.14. The van der Waals surface area contributed by atoms with Gasteiger partial charge in [0.2, 0.25) is 0 Å². The van der Waals surface area contributed by atoms with Crippen LogP contribution in [0.5, 0.6) is 0 Å². The van der Waals surface area contributed by atoms with Crippen LogP contribution in [-0.2, 0) is 10.0 Å². The van der Waals surface area contributed by atoms with Crippen LogP contribution in [0.3, 0.4) is 0 Å². The highest BCUT2D eigenvalue weighted by Crippen LogP contribution is 2.21. The Bertz CT molecular complexity index is 442. The molecule has 0 bridgehead atoms. The monoisotopic (exact) mass is 244 g/mol. The van der Waals surface area contributed by atoms with Gasteiger partial charge in [0, 0.05) is 19.1 Å². The van der Waals surface area contributed by atoms with Crippen LogP contribution in [0, 0.1) is 5.92 Å². The minimum Gasteiger partial charge on any atom is -0.327 e. The topological polar surface area (TPSA) is 92.1 Å².